The zero-order valence-electron chi connectivity index (χ0n) is 10.5. The zero-order valence-corrected chi connectivity index (χ0v) is 10.5. The minimum Gasteiger partial charge on any atom is -0.474 e. The van der Waals surface area contributed by atoms with Gasteiger partial charge in [0.15, 0.2) is 5.84 Å². The molecule has 1 atom stereocenters. The van der Waals surface area contributed by atoms with Crippen molar-refractivity contribution < 1.29 is 9.94 Å². The Morgan fingerprint density at radius 1 is 1.59 bits per heavy atom. The smallest absolute Gasteiger partial charge is 0.225 e. The van der Waals surface area contributed by atoms with Crippen molar-refractivity contribution in [1.82, 2.24) is 4.98 Å². The van der Waals surface area contributed by atoms with E-state index in [-0.39, 0.29) is 11.9 Å². The van der Waals surface area contributed by atoms with Crippen LogP contribution in [0.2, 0.25) is 0 Å². The van der Waals surface area contributed by atoms with Crippen molar-refractivity contribution in [2.75, 3.05) is 0 Å². The van der Waals surface area contributed by atoms with Gasteiger partial charge in [-0.15, -0.1) is 0 Å². The predicted octanol–water partition coefficient (Wildman–Crippen LogP) is 2.05. The van der Waals surface area contributed by atoms with Crippen LogP contribution < -0.4 is 10.5 Å². The van der Waals surface area contributed by atoms with Crippen molar-refractivity contribution in [2.45, 2.75) is 39.7 Å². The molecule has 1 aromatic rings. The SMILES string of the molecule is CCCC(C)Oc1nc(C)ccc1/C(N)=N/O. The summed E-state index contributed by atoms with van der Waals surface area (Å²) in [6.45, 7) is 5.94. The van der Waals surface area contributed by atoms with E-state index in [9.17, 15) is 0 Å². The lowest BCUT2D eigenvalue weighted by Gasteiger charge is -2.15. The number of oxime groups is 1. The molecule has 0 amide bonds. The van der Waals surface area contributed by atoms with Crippen LogP contribution in [-0.2, 0) is 0 Å². The maximum atomic E-state index is 8.70. The number of nitrogens with two attached hydrogens (primary N) is 1. The van der Waals surface area contributed by atoms with E-state index in [1.54, 1.807) is 12.1 Å². The maximum Gasteiger partial charge on any atom is 0.225 e. The first kappa shape index (κ1) is 13.3. The molecule has 0 aliphatic rings. The van der Waals surface area contributed by atoms with E-state index < -0.39 is 0 Å². The van der Waals surface area contributed by atoms with E-state index in [0.717, 1.165) is 18.5 Å². The molecule has 94 valence electrons. The van der Waals surface area contributed by atoms with Gasteiger partial charge in [-0.2, -0.15) is 0 Å². The van der Waals surface area contributed by atoms with Crippen molar-refractivity contribution in [3.63, 3.8) is 0 Å². The maximum absolute atomic E-state index is 8.70. The molecule has 0 bridgehead atoms. The number of aryl methyl sites for hydroxylation is 1. The summed E-state index contributed by atoms with van der Waals surface area (Å²) in [7, 11) is 0. The van der Waals surface area contributed by atoms with Gasteiger partial charge in [-0.3, -0.25) is 0 Å². The Labute approximate surface area is 101 Å². The van der Waals surface area contributed by atoms with Gasteiger partial charge in [-0.1, -0.05) is 18.5 Å². The second-order valence-electron chi connectivity index (χ2n) is 4.01. The van der Waals surface area contributed by atoms with Gasteiger partial charge < -0.3 is 15.7 Å². The summed E-state index contributed by atoms with van der Waals surface area (Å²) in [6, 6.07) is 3.54. The summed E-state index contributed by atoms with van der Waals surface area (Å²) < 4.78 is 5.71. The standard InChI is InChI=1S/C12H19N3O2/c1-4-5-9(3)17-12-10(11(13)15-16)7-6-8(2)14-12/h6-7,9,16H,4-5H2,1-3H3,(H2,13,15). The van der Waals surface area contributed by atoms with Crippen LogP contribution in [0, 0.1) is 6.92 Å². The van der Waals surface area contributed by atoms with Gasteiger partial charge in [0, 0.05) is 5.69 Å². The molecule has 0 fully saturated rings. The van der Waals surface area contributed by atoms with Crippen LogP contribution in [0.25, 0.3) is 0 Å². The van der Waals surface area contributed by atoms with Crippen LogP contribution in [0.15, 0.2) is 17.3 Å². The van der Waals surface area contributed by atoms with Crippen molar-refractivity contribution in [1.29, 1.82) is 0 Å². The predicted molar refractivity (Wildman–Crippen MR) is 66.5 cm³/mol. The van der Waals surface area contributed by atoms with Gasteiger partial charge in [0.05, 0.1) is 11.7 Å². The third kappa shape index (κ3) is 3.62. The Balaban J connectivity index is 2.99. The third-order valence-corrected chi connectivity index (χ3v) is 2.39. The molecule has 0 radical (unpaired) electrons. The van der Waals surface area contributed by atoms with Gasteiger partial charge in [0.1, 0.15) is 0 Å². The first-order valence-electron chi connectivity index (χ1n) is 5.70. The van der Waals surface area contributed by atoms with Gasteiger partial charge >= 0.3 is 0 Å². The lowest BCUT2D eigenvalue weighted by molar-refractivity contribution is 0.200. The quantitative estimate of drug-likeness (QED) is 0.355. The number of amidine groups is 1. The van der Waals surface area contributed by atoms with Crippen molar-refractivity contribution in [3.8, 4) is 5.88 Å². The molecule has 5 heteroatoms. The summed E-state index contributed by atoms with van der Waals surface area (Å²) >= 11 is 0. The van der Waals surface area contributed by atoms with E-state index in [1.165, 1.54) is 0 Å². The summed E-state index contributed by atoms with van der Waals surface area (Å²) in [6.07, 6.45) is 2.02. The van der Waals surface area contributed by atoms with E-state index in [0.29, 0.717) is 11.4 Å². The van der Waals surface area contributed by atoms with Gasteiger partial charge in [-0.25, -0.2) is 4.98 Å². The molecule has 0 spiro atoms. The molecule has 0 aromatic carbocycles. The third-order valence-electron chi connectivity index (χ3n) is 2.39. The summed E-state index contributed by atoms with van der Waals surface area (Å²) in [5, 5.41) is 11.7. The van der Waals surface area contributed by atoms with Crippen molar-refractivity contribution >= 4 is 5.84 Å². The Hall–Kier alpha value is -1.78. The monoisotopic (exact) mass is 237 g/mol. The first-order chi connectivity index (χ1) is 8.08. The van der Waals surface area contributed by atoms with E-state index in [4.69, 9.17) is 15.7 Å². The summed E-state index contributed by atoms with van der Waals surface area (Å²) in [5.41, 5.74) is 6.92. The molecule has 3 N–H and O–H groups in total. The van der Waals surface area contributed by atoms with Gasteiger partial charge in [0.2, 0.25) is 5.88 Å². The van der Waals surface area contributed by atoms with Gasteiger partial charge in [0.25, 0.3) is 0 Å². The highest BCUT2D eigenvalue weighted by atomic mass is 16.5. The molecule has 5 nitrogen and oxygen atoms in total. The van der Waals surface area contributed by atoms with E-state index >= 15 is 0 Å². The van der Waals surface area contributed by atoms with Crippen LogP contribution in [-0.4, -0.2) is 22.1 Å². The van der Waals surface area contributed by atoms with Crippen LogP contribution in [0.3, 0.4) is 0 Å². The van der Waals surface area contributed by atoms with Gasteiger partial charge in [-0.05, 0) is 32.4 Å². The molecular weight excluding hydrogens is 218 g/mol. The molecule has 1 rings (SSSR count). The lowest BCUT2D eigenvalue weighted by Crippen LogP contribution is -2.19. The second-order valence-corrected chi connectivity index (χ2v) is 4.01. The van der Waals surface area contributed by atoms with Crippen LogP contribution >= 0.6 is 0 Å². The fraction of sp³-hybridized carbons (Fsp3) is 0.500. The molecule has 0 saturated heterocycles. The van der Waals surface area contributed by atoms with Crippen LogP contribution in [0.1, 0.15) is 37.9 Å². The lowest BCUT2D eigenvalue weighted by atomic mass is 10.2. The second kappa shape index (κ2) is 6.08. The average molecular weight is 237 g/mol. The largest absolute Gasteiger partial charge is 0.474 e. The normalized spacial score (nSPS) is 13.5. The molecule has 0 saturated carbocycles. The highest BCUT2D eigenvalue weighted by molar-refractivity contribution is 5.99. The highest BCUT2D eigenvalue weighted by Crippen LogP contribution is 2.18. The number of ether oxygens (including phenoxy) is 1. The summed E-state index contributed by atoms with van der Waals surface area (Å²) in [5.74, 6) is 0.428. The molecule has 1 heterocycles. The number of hydrogen-bond acceptors (Lipinski definition) is 4. The minimum atomic E-state index is 0.0104. The van der Waals surface area contributed by atoms with Crippen molar-refractivity contribution in [2.24, 2.45) is 10.9 Å². The Morgan fingerprint density at radius 2 is 2.29 bits per heavy atom. The minimum absolute atomic E-state index is 0.0104. The molecule has 1 aromatic heterocycles. The van der Waals surface area contributed by atoms with Crippen molar-refractivity contribution in [3.05, 3.63) is 23.4 Å². The number of aromatic nitrogens is 1. The Kier molecular flexibility index (Phi) is 4.75. The van der Waals surface area contributed by atoms with Crippen LogP contribution in [0.5, 0.6) is 5.88 Å². The zero-order chi connectivity index (χ0) is 12.8. The Morgan fingerprint density at radius 3 is 2.88 bits per heavy atom. The fourth-order valence-electron chi connectivity index (χ4n) is 1.53. The number of hydrogen-bond donors (Lipinski definition) is 2. The van der Waals surface area contributed by atoms with E-state index in [2.05, 4.69) is 17.1 Å². The molecule has 0 aliphatic heterocycles. The number of pyridine rings is 1. The summed E-state index contributed by atoms with van der Waals surface area (Å²) in [4.78, 5) is 4.27. The number of nitrogens with zero attached hydrogens (tertiary/aromatic N) is 2. The molecular formula is C12H19N3O2. The topological polar surface area (TPSA) is 80.7 Å². The molecule has 0 aliphatic carbocycles. The highest BCUT2D eigenvalue weighted by Gasteiger charge is 2.13. The van der Waals surface area contributed by atoms with Crippen LogP contribution in [0.4, 0.5) is 0 Å². The molecule has 1 unspecified atom stereocenters. The fourth-order valence-corrected chi connectivity index (χ4v) is 1.53. The first-order valence-corrected chi connectivity index (χ1v) is 5.70. The van der Waals surface area contributed by atoms with E-state index in [1.807, 2.05) is 13.8 Å². The number of rotatable bonds is 5. The molecule has 17 heavy (non-hydrogen) atoms. The Bertz CT molecular complexity index is 405. The average Bonchev–Trinajstić information content (AvgIpc) is 2.28.